The number of pyridine rings is 1. The molecular formula is C30H33N5O2S. The topological polar surface area (TPSA) is 75.3 Å². The number of benzene rings is 1. The van der Waals surface area contributed by atoms with E-state index >= 15 is 0 Å². The number of hydrogen-bond acceptors (Lipinski definition) is 4. The summed E-state index contributed by atoms with van der Waals surface area (Å²) in [6.07, 6.45) is 3.81. The summed E-state index contributed by atoms with van der Waals surface area (Å²) in [4.78, 5) is 19.8. The number of hydrogen-bond donors (Lipinski definition) is 2. The van der Waals surface area contributed by atoms with Gasteiger partial charge in [0, 0.05) is 36.2 Å². The van der Waals surface area contributed by atoms with Crippen LogP contribution in [0.4, 0.5) is 5.69 Å². The van der Waals surface area contributed by atoms with E-state index in [9.17, 15) is 4.79 Å². The summed E-state index contributed by atoms with van der Waals surface area (Å²) in [5.74, 6) is 0.865. The van der Waals surface area contributed by atoms with Gasteiger partial charge < -0.3 is 24.5 Å². The van der Waals surface area contributed by atoms with Crippen LogP contribution in [0.15, 0.2) is 71.5 Å². The highest BCUT2D eigenvalue weighted by molar-refractivity contribution is 7.80. The molecule has 4 aromatic rings. The fourth-order valence-corrected chi connectivity index (χ4v) is 5.55. The summed E-state index contributed by atoms with van der Waals surface area (Å²) in [6, 6.07) is 17.9. The van der Waals surface area contributed by atoms with Crippen LogP contribution in [0.1, 0.15) is 58.0 Å². The predicted octanol–water partition coefficient (Wildman–Crippen LogP) is 5.76. The quantitative estimate of drug-likeness (QED) is 0.284. The van der Waals surface area contributed by atoms with Gasteiger partial charge in [0.1, 0.15) is 5.76 Å². The van der Waals surface area contributed by atoms with Crippen molar-refractivity contribution in [3.05, 3.63) is 107 Å². The lowest BCUT2D eigenvalue weighted by molar-refractivity contribution is -0.116. The average Bonchev–Trinajstić information content (AvgIpc) is 3.60. The number of nitrogens with zero attached hydrogens (tertiary/aromatic N) is 3. The molecule has 196 valence electrons. The molecule has 2 unspecified atom stereocenters. The number of rotatable bonds is 8. The first-order valence-electron chi connectivity index (χ1n) is 12.9. The molecular weight excluding hydrogens is 494 g/mol. The summed E-state index contributed by atoms with van der Waals surface area (Å²) in [6.45, 7) is 9.40. The number of aromatic nitrogens is 2. The van der Waals surface area contributed by atoms with Gasteiger partial charge in [0.05, 0.1) is 30.6 Å². The molecule has 1 aliphatic rings. The van der Waals surface area contributed by atoms with E-state index < -0.39 is 0 Å². The second-order valence-corrected chi connectivity index (χ2v) is 10.3. The molecule has 2 atom stereocenters. The smallest absolute Gasteiger partial charge is 0.226 e. The Morgan fingerprint density at radius 2 is 1.95 bits per heavy atom. The van der Waals surface area contributed by atoms with Crippen molar-refractivity contribution in [1.82, 2.24) is 19.8 Å². The monoisotopic (exact) mass is 527 g/mol. The Bertz CT molecular complexity index is 1450. The number of amides is 1. The van der Waals surface area contributed by atoms with Crippen molar-refractivity contribution in [3.8, 4) is 0 Å². The van der Waals surface area contributed by atoms with Crippen LogP contribution >= 0.6 is 12.2 Å². The van der Waals surface area contributed by atoms with E-state index in [-0.39, 0.29) is 18.0 Å². The van der Waals surface area contributed by atoms with Gasteiger partial charge in [0.15, 0.2) is 5.11 Å². The summed E-state index contributed by atoms with van der Waals surface area (Å²) in [5, 5.41) is 7.20. The lowest BCUT2D eigenvalue weighted by Gasteiger charge is -2.28. The Morgan fingerprint density at radius 3 is 2.68 bits per heavy atom. The zero-order valence-electron chi connectivity index (χ0n) is 22.2. The average molecular weight is 528 g/mol. The SMILES string of the molecule is Cc1ccc(C)c(NC(=O)CCN2C(=S)NC(c3ccccn3)C2c2cc(C)n(Cc3ccco3)c2C)c1. The van der Waals surface area contributed by atoms with E-state index in [0.717, 1.165) is 45.2 Å². The van der Waals surface area contributed by atoms with Crippen LogP contribution in [0, 0.1) is 27.7 Å². The summed E-state index contributed by atoms with van der Waals surface area (Å²) in [7, 11) is 0. The van der Waals surface area contributed by atoms with Gasteiger partial charge in [-0.3, -0.25) is 9.78 Å². The Morgan fingerprint density at radius 1 is 1.11 bits per heavy atom. The van der Waals surface area contributed by atoms with Crippen molar-refractivity contribution in [3.63, 3.8) is 0 Å². The molecule has 8 heteroatoms. The Kier molecular flexibility index (Phi) is 7.33. The van der Waals surface area contributed by atoms with Crippen LogP contribution < -0.4 is 10.6 Å². The van der Waals surface area contributed by atoms with Crippen molar-refractivity contribution in [1.29, 1.82) is 0 Å². The summed E-state index contributed by atoms with van der Waals surface area (Å²) >= 11 is 5.82. The molecule has 0 saturated carbocycles. The minimum atomic E-state index is -0.136. The zero-order valence-corrected chi connectivity index (χ0v) is 23.0. The Hall–Kier alpha value is -3.91. The van der Waals surface area contributed by atoms with Crippen LogP contribution in [0.25, 0.3) is 0 Å². The van der Waals surface area contributed by atoms with Gasteiger partial charge in [-0.05, 0) is 93.0 Å². The van der Waals surface area contributed by atoms with Crippen LogP contribution in [-0.4, -0.2) is 32.0 Å². The maximum absolute atomic E-state index is 13.0. The first-order valence-corrected chi connectivity index (χ1v) is 13.3. The Labute approximate surface area is 228 Å². The van der Waals surface area contributed by atoms with Gasteiger partial charge >= 0.3 is 0 Å². The third kappa shape index (κ3) is 5.22. The van der Waals surface area contributed by atoms with Crippen LogP contribution in [-0.2, 0) is 11.3 Å². The zero-order chi connectivity index (χ0) is 26.8. The highest BCUT2D eigenvalue weighted by Gasteiger charge is 2.41. The first kappa shape index (κ1) is 25.7. The van der Waals surface area contributed by atoms with Gasteiger partial charge in [-0.1, -0.05) is 18.2 Å². The lowest BCUT2D eigenvalue weighted by Crippen LogP contribution is -2.33. The molecule has 7 nitrogen and oxygen atoms in total. The van der Waals surface area contributed by atoms with Gasteiger partial charge in [0.25, 0.3) is 0 Å². The van der Waals surface area contributed by atoms with Crippen molar-refractivity contribution in [2.24, 2.45) is 0 Å². The molecule has 2 N–H and O–H groups in total. The highest BCUT2D eigenvalue weighted by atomic mass is 32.1. The van der Waals surface area contributed by atoms with Crippen molar-refractivity contribution in [2.45, 2.75) is 52.7 Å². The van der Waals surface area contributed by atoms with Gasteiger partial charge in [-0.15, -0.1) is 0 Å². The molecule has 1 saturated heterocycles. The number of thiocarbonyl (C=S) groups is 1. The fourth-order valence-electron chi connectivity index (χ4n) is 5.22. The van der Waals surface area contributed by atoms with E-state index in [1.54, 1.807) is 12.5 Å². The number of carbonyl (C=O) groups is 1. The second-order valence-electron chi connectivity index (χ2n) is 9.93. The van der Waals surface area contributed by atoms with Gasteiger partial charge in [0.2, 0.25) is 5.91 Å². The largest absolute Gasteiger partial charge is 0.467 e. The first-order chi connectivity index (χ1) is 18.3. The molecule has 38 heavy (non-hydrogen) atoms. The van der Waals surface area contributed by atoms with E-state index in [4.69, 9.17) is 16.6 Å². The normalized spacial score (nSPS) is 17.1. The van der Waals surface area contributed by atoms with Gasteiger partial charge in [-0.2, -0.15) is 0 Å². The minimum Gasteiger partial charge on any atom is -0.467 e. The molecule has 0 spiro atoms. The van der Waals surface area contributed by atoms with Crippen molar-refractivity contribution >= 4 is 28.9 Å². The van der Waals surface area contributed by atoms with E-state index in [1.165, 1.54) is 0 Å². The molecule has 4 heterocycles. The van der Waals surface area contributed by atoms with Crippen LogP contribution in [0.3, 0.4) is 0 Å². The van der Waals surface area contributed by atoms with Crippen molar-refractivity contribution < 1.29 is 9.21 Å². The minimum absolute atomic E-state index is 0.0372. The second kappa shape index (κ2) is 10.8. The number of carbonyl (C=O) groups excluding carboxylic acids is 1. The molecule has 1 amide bonds. The van der Waals surface area contributed by atoms with E-state index in [0.29, 0.717) is 24.6 Å². The van der Waals surface area contributed by atoms with Gasteiger partial charge in [-0.25, -0.2) is 0 Å². The molecule has 1 aliphatic heterocycles. The van der Waals surface area contributed by atoms with Crippen molar-refractivity contribution in [2.75, 3.05) is 11.9 Å². The number of aryl methyl sites for hydroxylation is 3. The number of nitrogens with one attached hydrogen (secondary N) is 2. The van der Waals surface area contributed by atoms with Crippen LogP contribution in [0.5, 0.6) is 0 Å². The molecule has 0 bridgehead atoms. The number of anilines is 1. The molecule has 5 rings (SSSR count). The summed E-state index contributed by atoms with van der Waals surface area (Å²) < 4.78 is 7.88. The predicted molar refractivity (Wildman–Crippen MR) is 153 cm³/mol. The maximum atomic E-state index is 13.0. The third-order valence-electron chi connectivity index (χ3n) is 7.27. The highest BCUT2D eigenvalue weighted by Crippen LogP contribution is 2.41. The van der Waals surface area contributed by atoms with Crippen LogP contribution in [0.2, 0.25) is 0 Å². The number of furan rings is 1. The van der Waals surface area contributed by atoms with E-state index in [2.05, 4.69) is 45.0 Å². The third-order valence-corrected chi connectivity index (χ3v) is 7.62. The molecule has 1 aromatic carbocycles. The molecule has 0 aliphatic carbocycles. The summed E-state index contributed by atoms with van der Waals surface area (Å²) in [5.41, 5.74) is 7.35. The molecule has 0 radical (unpaired) electrons. The fraction of sp³-hybridized carbons (Fsp3) is 0.300. The molecule has 3 aromatic heterocycles. The lowest BCUT2D eigenvalue weighted by atomic mass is 9.96. The molecule has 1 fully saturated rings. The standard InChI is InChI=1S/C30H33N5O2S/c1-19-10-11-20(2)26(16-19)32-27(36)12-14-34-29(28(33-30(34)38)25-9-5-6-13-31-25)24-17-21(3)35(22(24)4)18-23-8-7-15-37-23/h5-11,13,15-17,28-29H,12,14,18H2,1-4H3,(H,32,36)(H,33,38). The van der Waals surface area contributed by atoms with E-state index in [1.807, 2.05) is 62.4 Å². The Balaban J connectivity index is 1.43. The maximum Gasteiger partial charge on any atom is 0.226 e.